The van der Waals surface area contributed by atoms with Crippen LogP contribution in [0.4, 0.5) is 11.4 Å². The maximum Gasteiger partial charge on any atom is 0.285 e. The predicted octanol–water partition coefficient (Wildman–Crippen LogP) is 2.37. The molecular formula is C18H17N3O4S. The summed E-state index contributed by atoms with van der Waals surface area (Å²) in [5, 5.41) is 2.71. The second-order valence-corrected chi connectivity index (χ2v) is 7.58. The van der Waals surface area contributed by atoms with E-state index in [1.807, 2.05) is 6.92 Å². The third kappa shape index (κ3) is 3.65. The van der Waals surface area contributed by atoms with E-state index in [-0.39, 0.29) is 23.1 Å². The number of aryl methyl sites for hydroxylation is 1. The number of sulfonamides is 1. The van der Waals surface area contributed by atoms with E-state index in [0.717, 1.165) is 11.9 Å². The van der Waals surface area contributed by atoms with E-state index in [0.29, 0.717) is 16.9 Å². The molecule has 1 aliphatic heterocycles. The molecule has 0 saturated heterocycles. The molecule has 0 radical (unpaired) electrons. The number of hydrogen-bond acceptors (Lipinski definition) is 5. The van der Waals surface area contributed by atoms with Crippen molar-refractivity contribution in [2.75, 3.05) is 16.8 Å². The molecule has 8 heteroatoms. The summed E-state index contributed by atoms with van der Waals surface area (Å²) < 4.78 is 27.7. The molecule has 0 aliphatic carbocycles. The van der Waals surface area contributed by atoms with Crippen molar-refractivity contribution < 1.29 is 18.0 Å². The van der Waals surface area contributed by atoms with Crippen molar-refractivity contribution in [2.45, 2.75) is 18.7 Å². The molecule has 0 fully saturated rings. The molecule has 134 valence electrons. The number of ketones is 1. The Morgan fingerprint density at radius 2 is 1.92 bits per heavy atom. The Hall–Kier alpha value is -3.00. The lowest BCUT2D eigenvalue weighted by atomic mass is 10.1. The number of carbonyl (C=O) groups is 2. The highest BCUT2D eigenvalue weighted by Gasteiger charge is 2.26. The third-order valence-electron chi connectivity index (χ3n) is 3.89. The fourth-order valence-corrected chi connectivity index (χ4v) is 3.64. The SMILES string of the molecule is CC(=O)c1cccc(NC(=O)CN2C=NS(=O)(=O)c3ccc(C)cc32)c1. The number of fused-ring (bicyclic) bond motifs is 1. The lowest BCUT2D eigenvalue weighted by Gasteiger charge is -2.25. The van der Waals surface area contributed by atoms with E-state index in [4.69, 9.17) is 0 Å². The summed E-state index contributed by atoms with van der Waals surface area (Å²) >= 11 is 0. The van der Waals surface area contributed by atoms with Gasteiger partial charge in [0.2, 0.25) is 5.91 Å². The smallest absolute Gasteiger partial charge is 0.285 e. The molecule has 0 spiro atoms. The van der Waals surface area contributed by atoms with Crippen LogP contribution in [0.25, 0.3) is 0 Å². The lowest BCUT2D eigenvalue weighted by molar-refractivity contribution is -0.114. The Kier molecular flexibility index (Phi) is 4.60. The van der Waals surface area contributed by atoms with Gasteiger partial charge in [0.1, 0.15) is 17.8 Å². The van der Waals surface area contributed by atoms with Crippen LogP contribution < -0.4 is 10.2 Å². The Labute approximate surface area is 151 Å². The first kappa shape index (κ1) is 17.8. The molecule has 7 nitrogen and oxygen atoms in total. The van der Waals surface area contributed by atoms with Crippen LogP contribution in [0.3, 0.4) is 0 Å². The molecule has 0 atom stereocenters. The summed E-state index contributed by atoms with van der Waals surface area (Å²) in [6.45, 7) is 3.18. The minimum atomic E-state index is -3.74. The second kappa shape index (κ2) is 6.72. The molecule has 2 aromatic rings. The van der Waals surface area contributed by atoms with Gasteiger partial charge in [-0.2, -0.15) is 8.42 Å². The molecule has 2 aromatic carbocycles. The van der Waals surface area contributed by atoms with Crippen LogP contribution in [-0.4, -0.2) is 33.0 Å². The molecule has 0 unspecified atom stereocenters. The van der Waals surface area contributed by atoms with Gasteiger partial charge in [-0.15, -0.1) is 4.40 Å². The molecular weight excluding hydrogens is 354 g/mol. The predicted molar refractivity (Wildman–Crippen MR) is 99.3 cm³/mol. The fraction of sp³-hybridized carbons (Fsp3) is 0.167. The minimum absolute atomic E-state index is 0.0666. The zero-order valence-electron chi connectivity index (χ0n) is 14.3. The van der Waals surface area contributed by atoms with Crippen LogP contribution in [0.15, 0.2) is 51.8 Å². The normalized spacial score (nSPS) is 14.6. The van der Waals surface area contributed by atoms with Gasteiger partial charge >= 0.3 is 0 Å². The van der Waals surface area contributed by atoms with Gasteiger partial charge in [-0.25, -0.2) is 0 Å². The second-order valence-electron chi connectivity index (χ2n) is 5.98. The van der Waals surface area contributed by atoms with E-state index >= 15 is 0 Å². The molecule has 0 aromatic heterocycles. The first-order valence-corrected chi connectivity index (χ1v) is 9.29. The van der Waals surface area contributed by atoms with E-state index < -0.39 is 10.0 Å². The standard InChI is InChI=1S/C18H17N3O4S/c1-12-6-7-17-16(8-12)21(11-19-26(17,24)25)10-18(23)20-15-5-3-4-14(9-15)13(2)22/h3-9,11H,10H2,1-2H3,(H,20,23). The average molecular weight is 371 g/mol. The van der Waals surface area contributed by atoms with Gasteiger partial charge < -0.3 is 10.2 Å². The Morgan fingerprint density at radius 1 is 1.15 bits per heavy atom. The Bertz CT molecular complexity index is 1030. The molecule has 1 aliphatic rings. The van der Waals surface area contributed by atoms with Crippen molar-refractivity contribution >= 4 is 39.4 Å². The largest absolute Gasteiger partial charge is 0.325 e. The topological polar surface area (TPSA) is 95.9 Å². The van der Waals surface area contributed by atoms with Gasteiger partial charge in [-0.05, 0) is 43.7 Å². The summed E-state index contributed by atoms with van der Waals surface area (Å²) in [5.41, 5.74) is 2.27. The first-order chi connectivity index (χ1) is 12.3. The maximum atomic E-state index is 12.4. The van der Waals surface area contributed by atoms with Crippen molar-refractivity contribution in [2.24, 2.45) is 4.40 Å². The molecule has 1 amide bonds. The summed E-state index contributed by atoms with van der Waals surface area (Å²) in [5.74, 6) is -0.456. The molecule has 3 rings (SSSR count). The van der Waals surface area contributed by atoms with Crippen molar-refractivity contribution in [3.63, 3.8) is 0 Å². The third-order valence-corrected chi connectivity index (χ3v) is 5.17. The van der Waals surface area contributed by atoms with E-state index in [2.05, 4.69) is 9.71 Å². The van der Waals surface area contributed by atoms with Gasteiger partial charge in [0, 0.05) is 11.3 Å². The minimum Gasteiger partial charge on any atom is -0.325 e. The average Bonchev–Trinajstić information content (AvgIpc) is 2.57. The van der Waals surface area contributed by atoms with E-state index in [1.165, 1.54) is 17.9 Å². The number of anilines is 2. The van der Waals surface area contributed by atoms with Crippen LogP contribution >= 0.6 is 0 Å². The Balaban J connectivity index is 1.81. The van der Waals surface area contributed by atoms with Crippen molar-refractivity contribution in [3.8, 4) is 0 Å². The first-order valence-electron chi connectivity index (χ1n) is 7.85. The van der Waals surface area contributed by atoms with Crippen LogP contribution in [0, 0.1) is 6.92 Å². The van der Waals surface area contributed by atoms with Gasteiger partial charge in [-0.3, -0.25) is 9.59 Å². The highest BCUT2D eigenvalue weighted by atomic mass is 32.2. The summed E-state index contributed by atoms with van der Waals surface area (Å²) in [7, 11) is -3.74. The number of amides is 1. The fourth-order valence-electron chi connectivity index (χ4n) is 2.61. The van der Waals surface area contributed by atoms with E-state index in [9.17, 15) is 18.0 Å². The summed E-state index contributed by atoms with van der Waals surface area (Å²) in [6, 6.07) is 11.5. The number of nitrogens with one attached hydrogen (secondary N) is 1. The van der Waals surface area contributed by atoms with Crippen molar-refractivity contribution in [1.82, 2.24) is 0 Å². The zero-order chi connectivity index (χ0) is 18.9. The molecule has 1 heterocycles. The molecule has 0 saturated carbocycles. The molecule has 1 N–H and O–H groups in total. The van der Waals surface area contributed by atoms with Gasteiger partial charge in [-0.1, -0.05) is 18.2 Å². The van der Waals surface area contributed by atoms with E-state index in [1.54, 1.807) is 36.4 Å². The number of hydrogen-bond donors (Lipinski definition) is 1. The number of carbonyl (C=O) groups excluding carboxylic acids is 2. The van der Waals surface area contributed by atoms with Crippen LogP contribution in [0.2, 0.25) is 0 Å². The number of Topliss-reactive ketones (excluding diaryl/α,β-unsaturated/α-hetero) is 1. The highest BCUT2D eigenvalue weighted by Crippen LogP contribution is 2.30. The summed E-state index contributed by atoms with van der Waals surface area (Å²) in [6.07, 6.45) is 1.14. The zero-order valence-corrected chi connectivity index (χ0v) is 15.1. The summed E-state index contributed by atoms with van der Waals surface area (Å²) in [4.78, 5) is 25.4. The van der Waals surface area contributed by atoms with Crippen LogP contribution in [0.5, 0.6) is 0 Å². The molecule has 26 heavy (non-hydrogen) atoms. The quantitative estimate of drug-likeness (QED) is 0.833. The van der Waals surface area contributed by atoms with Crippen LogP contribution in [-0.2, 0) is 14.8 Å². The highest BCUT2D eigenvalue weighted by molar-refractivity contribution is 7.90. The monoisotopic (exact) mass is 371 g/mol. The lowest BCUT2D eigenvalue weighted by Crippen LogP contribution is -2.35. The number of benzene rings is 2. The van der Waals surface area contributed by atoms with Gasteiger partial charge in [0.15, 0.2) is 5.78 Å². The Morgan fingerprint density at radius 3 is 2.65 bits per heavy atom. The number of rotatable bonds is 4. The van der Waals surface area contributed by atoms with Crippen LogP contribution in [0.1, 0.15) is 22.8 Å². The van der Waals surface area contributed by atoms with Crippen molar-refractivity contribution in [1.29, 1.82) is 0 Å². The number of nitrogens with zero attached hydrogens (tertiary/aromatic N) is 2. The maximum absolute atomic E-state index is 12.4. The van der Waals surface area contributed by atoms with Gasteiger partial charge in [0.25, 0.3) is 10.0 Å². The van der Waals surface area contributed by atoms with Gasteiger partial charge in [0.05, 0.1) is 5.69 Å². The molecule has 0 bridgehead atoms. The van der Waals surface area contributed by atoms with Crippen molar-refractivity contribution in [3.05, 3.63) is 53.6 Å².